The van der Waals surface area contributed by atoms with Crippen LogP contribution in [-0.2, 0) is 27.8 Å². The summed E-state index contributed by atoms with van der Waals surface area (Å²) in [7, 11) is 1.13. The lowest BCUT2D eigenvalue weighted by Crippen LogP contribution is -2.41. The summed E-state index contributed by atoms with van der Waals surface area (Å²) in [5.41, 5.74) is 2.25. The molecule has 0 aliphatic carbocycles. The molecule has 2 aromatic carbocycles. The molecule has 8 heteroatoms. The highest BCUT2D eigenvalue weighted by Gasteiger charge is 2.24. The number of anilines is 1. The van der Waals surface area contributed by atoms with Gasteiger partial charge in [-0.05, 0) is 35.7 Å². The molecule has 0 saturated heterocycles. The second-order valence-corrected chi connectivity index (χ2v) is 8.60. The summed E-state index contributed by atoms with van der Waals surface area (Å²) in [5, 5.41) is 0. The maximum absolute atomic E-state index is 12.8. The molecule has 0 N–H and O–H groups in total. The number of rotatable bonds is 9. The predicted octanol–water partition coefficient (Wildman–Crippen LogP) is 2.69. The van der Waals surface area contributed by atoms with Crippen LogP contribution < -0.4 is 13.8 Å². The number of hydrogen-bond donors (Lipinski definition) is 0. The zero-order valence-corrected chi connectivity index (χ0v) is 18.3. The van der Waals surface area contributed by atoms with Crippen LogP contribution in [0.25, 0.3) is 0 Å². The predicted molar refractivity (Wildman–Crippen MR) is 114 cm³/mol. The van der Waals surface area contributed by atoms with Gasteiger partial charge in [-0.15, -0.1) is 0 Å². The first-order valence-electron chi connectivity index (χ1n) is 9.21. The van der Waals surface area contributed by atoms with Crippen molar-refractivity contribution in [3.05, 3.63) is 53.6 Å². The smallest absolute Gasteiger partial charge is 0.243 e. The first kappa shape index (κ1) is 22.5. The fraction of sp³-hybridized carbons (Fsp3) is 0.381. The summed E-state index contributed by atoms with van der Waals surface area (Å²) >= 11 is 0. The van der Waals surface area contributed by atoms with Crippen molar-refractivity contribution in [1.82, 2.24) is 4.90 Å². The Labute approximate surface area is 172 Å². The number of likely N-dealkylation sites (N-methyl/N-ethyl adjacent to an activating group) is 1. The van der Waals surface area contributed by atoms with E-state index >= 15 is 0 Å². The zero-order valence-electron chi connectivity index (χ0n) is 17.5. The first-order valence-corrected chi connectivity index (χ1v) is 11.1. The molecular formula is C21H28N2O5S. The normalized spacial score (nSPS) is 11.1. The van der Waals surface area contributed by atoms with Crippen molar-refractivity contribution < 1.29 is 22.7 Å². The van der Waals surface area contributed by atoms with Crippen LogP contribution in [-0.4, -0.2) is 53.3 Å². The number of carbonyl (C=O) groups is 1. The van der Waals surface area contributed by atoms with Crippen molar-refractivity contribution in [2.24, 2.45) is 0 Å². The molecular weight excluding hydrogens is 392 g/mol. The van der Waals surface area contributed by atoms with Crippen LogP contribution in [0.1, 0.15) is 18.1 Å². The zero-order chi connectivity index (χ0) is 21.6. The van der Waals surface area contributed by atoms with Crippen molar-refractivity contribution in [3.63, 3.8) is 0 Å². The Morgan fingerprint density at radius 1 is 1.03 bits per heavy atom. The van der Waals surface area contributed by atoms with Gasteiger partial charge in [0, 0.05) is 13.6 Å². The lowest BCUT2D eigenvalue weighted by Gasteiger charge is -2.27. The Morgan fingerprint density at radius 3 is 2.28 bits per heavy atom. The van der Waals surface area contributed by atoms with Gasteiger partial charge in [0.2, 0.25) is 15.9 Å². The summed E-state index contributed by atoms with van der Waals surface area (Å²) in [4.78, 5) is 14.3. The highest BCUT2D eigenvalue weighted by Crippen LogP contribution is 2.28. The van der Waals surface area contributed by atoms with Gasteiger partial charge in [-0.2, -0.15) is 0 Å². The van der Waals surface area contributed by atoms with Crippen molar-refractivity contribution in [2.45, 2.75) is 19.9 Å². The van der Waals surface area contributed by atoms with Gasteiger partial charge in [-0.3, -0.25) is 9.10 Å². The Morgan fingerprint density at radius 2 is 1.69 bits per heavy atom. The van der Waals surface area contributed by atoms with Crippen molar-refractivity contribution in [1.29, 1.82) is 0 Å². The van der Waals surface area contributed by atoms with Gasteiger partial charge in [-0.1, -0.05) is 31.2 Å². The number of amides is 1. The highest BCUT2D eigenvalue weighted by molar-refractivity contribution is 7.92. The Kier molecular flexibility index (Phi) is 7.50. The van der Waals surface area contributed by atoms with E-state index in [1.165, 1.54) is 9.21 Å². The second kappa shape index (κ2) is 9.65. The second-order valence-electron chi connectivity index (χ2n) is 6.69. The average Bonchev–Trinajstić information content (AvgIpc) is 2.70. The summed E-state index contributed by atoms with van der Waals surface area (Å²) in [6, 6.07) is 12.6. The van der Waals surface area contributed by atoms with E-state index in [9.17, 15) is 13.2 Å². The number of carbonyl (C=O) groups excluding carboxylic acids is 1. The van der Waals surface area contributed by atoms with Crippen LogP contribution in [0.5, 0.6) is 11.5 Å². The summed E-state index contributed by atoms with van der Waals surface area (Å²) in [5.74, 6) is 0.862. The quantitative estimate of drug-likeness (QED) is 0.623. The number of methoxy groups -OCH3 is 2. The van der Waals surface area contributed by atoms with Crippen LogP contribution in [0.15, 0.2) is 42.5 Å². The molecule has 0 aliphatic heterocycles. The Balaban J connectivity index is 2.21. The van der Waals surface area contributed by atoms with Crippen LogP contribution >= 0.6 is 0 Å². The van der Waals surface area contributed by atoms with Gasteiger partial charge in [0.25, 0.3) is 0 Å². The minimum absolute atomic E-state index is 0.264. The van der Waals surface area contributed by atoms with E-state index in [4.69, 9.17) is 9.47 Å². The maximum atomic E-state index is 12.8. The van der Waals surface area contributed by atoms with Gasteiger partial charge in [-0.25, -0.2) is 8.42 Å². The standard InChI is InChI=1S/C21H28N2O5S/c1-6-17-9-7-8-10-18(17)23(29(5,25)26)15-21(24)22(2)14-16-11-12-19(27-3)20(13-16)28-4/h7-13H,6,14-15H2,1-5H3. The van der Waals surface area contributed by atoms with E-state index < -0.39 is 10.0 Å². The van der Waals surface area contributed by atoms with E-state index in [1.54, 1.807) is 45.5 Å². The number of para-hydroxylation sites is 1. The van der Waals surface area contributed by atoms with Crippen LogP contribution in [0.2, 0.25) is 0 Å². The van der Waals surface area contributed by atoms with E-state index in [-0.39, 0.29) is 12.5 Å². The average molecular weight is 421 g/mol. The molecule has 7 nitrogen and oxygen atoms in total. The highest BCUT2D eigenvalue weighted by atomic mass is 32.2. The van der Waals surface area contributed by atoms with Crippen LogP contribution in [0, 0.1) is 0 Å². The van der Waals surface area contributed by atoms with Crippen LogP contribution in [0.3, 0.4) is 0 Å². The van der Waals surface area contributed by atoms with Gasteiger partial charge in [0.1, 0.15) is 6.54 Å². The molecule has 0 aromatic heterocycles. The molecule has 0 bridgehead atoms. The van der Waals surface area contributed by atoms with Gasteiger partial charge < -0.3 is 14.4 Å². The lowest BCUT2D eigenvalue weighted by atomic mass is 10.1. The number of nitrogens with zero attached hydrogens (tertiary/aromatic N) is 2. The minimum Gasteiger partial charge on any atom is -0.493 e. The topological polar surface area (TPSA) is 76.2 Å². The molecule has 0 unspecified atom stereocenters. The molecule has 0 fully saturated rings. The van der Waals surface area contributed by atoms with Crippen molar-refractivity contribution in [2.75, 3.05) is 38.4 Å². The molecule has 158 valence electrons. The van der Waals surface area contributed by atoms with Gasteiger partial charge >= 0.3 is 0 Å². The largest absolute Gasteiger partial charge is 0.493 e. The molecule has 0 saturated carbocycles. The molecule has 0 heterocycles. The van der Waals surface area contributed by atoms with Gasteiger partial charge in [0.05, 0.1) is 26.2 Å². The molecule has 0 atom stereocenters. The van der Waals surface area contributed by atoms with Crippen molar-refractivity contribution in [3.8, 4) is 11.5 Å². The summed E-state index contributed by atoms with van der Waals surface area (Å²) < 4.78 is 36.5. The molecule has 29 heavy (non-hydrogen) atoms. The van der Waals surface area contributed by atoms with Gasteiger partial charge in [0.15, 0.2) is 11.5 Å². The monoisotopic (exact) mass is 420 g/mol. The first-order chi connectivity index (χ1) is 13.7. The molecule has 2 rings (SSSR count). The Bertz CT molecular complexity index is 959. The third kappa shape index (κ3) is 5.63. The number of aryl methyl sites for hydroxylation is 1. The lowest BCUT2D eigenvalue weighted by molar-refractivity contribution is -0.128. The SMILES string of the molecule is CCc1ccccc1N(CC(=O)N(C)Cc1ccc(OC)c(OC)c1)S(C)(=O)=O. The fourth-order valence-electron chi connectivity index (χ4n) is 3.02. The molecule has 1 amide bonds. The third-order valence-corrected chi connectivity index (χ3v) is 5.74. The maximum Gasteiger partial charge on any atom is 0.243 e. The summed E-state index contributed by atoms with van der Waals surface area (Å²) in [6.07, 6.45) is 1.78. The number of ether oxygens (including phenoxy) is 2. The number of benzene rings is 2. The summed E-state index contributed by atoms with van der Waals surface area (Å²) in [6.45, 7) is 2.00. The number of sulfonamides is 1. The van der Waals surface area contributed by atoms with Crippen molar-refractivity contribution >= 4 is 21.6 Å². The minimum atomic E-state index is -3.62. The molecule has 0 aliphatic rings. The fourth-order valence-corrected chi connectivity index (χ4v) is 3.90. The third-order valence-electron chi connectivity index (χ3n) is 4.61. The van der Waals surface area contributed by atoms with E-state index in [2.05, 4.69) is 0 Å². The molecule has 0 radical (unpaired) electrons. The van der Waals surface area contributed by atoms with Crippen LogP contribution in [0.4, 0.5) is 5.69 Å². The van der Waals surface area contributed by atoms with E-state index in [1.807, 2.05) is 25.1 Å². The van der Waals surface area contributed by atoms with E-state index in [0.717, 1.165) is 17.4 Å². The Hall–Kier alpha value is -2.74. The molecule has 2 aromatic rings. The number of hydrogen-bond acceptors (Lipinski definition) is 5. The van der Waals surface area contributed by atoms with E-state index in [0.29, 0.717) is 30.2 Å². The molecule has 0 spiro atoms.